The second kappa shape index (κ2) is 6.37. The molecule has 5 rings (SSSR count). The zero-order valence-corrected chi connectivity index (χ0v) is 17.5. The van der Waals surface area contributed by atoms with Gasteiger partial charge in [-0.25, -0.2) is 19.9 Å². The van der Waals surface area contributed by atoms with Crippen LogP contribution in [0.4, 0.5) is 24.7 Å². The molecule has 0 amide bonds. The number of hydrogen-bond donors (Lipinski definition) is 1. The molecule has 0 saturated carbocycles. The van der Waals surface area contributed by atoms with Crippen molar-refractivity contribution in [3.05, 3.63) is 27.6 Å². The molecular weight excluding hydrogens is 500 g/mol. The normalized spacial score (nSPS) is 18.7. The molecule has 8 nitrogen and oxygen atoms in total. The Hall–Kier alpha value is -2.25. The molecule has 0 unspecified atom stereocenters. The van der Waals surface area contributed by atoms with Crippen LogP contribution in [0.25, 0.3) is 11.2 Å². The van der Waals surface area contributed by atoms with E-state index in [0.29, 0.717) is 17.0 Å². The molecule has 2 aliphatic rings. The van der Waals surface area contributed by atoms with E-state index in [1.54, 1.807) is 13.1 Å². The van der Waals surface area contributed by atoms with E-state index in [1.807, 2.05) is 4.90 Å². The predicted octanol–water partition coefficient (Wildman–Crippen LogP) is 2.79. The van der Waals surface area contributed by atoms with Gasteiger partial charge in [0.05, 0.1) is 23.8 Å². The molecule has 0 aliphatic carbocycles. The average molecular weight is 516 g/mol. The number of aromatic amines is 1. The first-order valence-electron chi connectivity index (χ1n) is 9.01. The van der Waals surface area contributed by atoms with E-state index < -0.39 is 12.0 Å². The summed E-state index contributed by atoms with van der Waals surface area (Å²) >= 11 is 2.14. The van der Waals surface area contributed by atoms with Crippen LogP contribution in [0.5, 0.6) is 0 Å². The molecule has 3 aromatic rings. The van der Waals surface area contributed by atoms with E-state index >= 15 is 0 Å². The highest BCUT2D eigenvalue weighted by Crippen LogP contribution is 2.43. The van der Waals surface area contributed by atoms with Crippen molar-refractivity contribution < 1.29 is 13.2 Å². The molecule has 2 saturated heterocycles. The van der Waals surface area contributed by atoms with Gasteiger partial charge in [0.25, 0.3) is 0 Å². The topological polar surface area (TPSA) is 86.7 Å². The van der Waals surface area contributed by atoms with Crippen molar-refractivity contribution in [1.82, 2.24) is 30.1 Å². The number of fused-ring (bicyclic) bond motifs is 1. The molecule has 152 valence electrons. The molecule has 2 aliphatic heterocycles. The Kier molecular flexibility index (Phi) is 4.12. The first-order valence-corrected chi connectivity index (χ1v) is 10.1. The average Bonchev–Trinajstić information content (AvgIpc) is 3.24. The number of aromatic nitrogens is 6. The zero-order valence-electron chi connectivity index (χ0n) is 15.3. The molecular formula is C17H16F3IN8. The van der Waals surface area contributed by atoms with Gasteiger partial charge in [0, 0.05) is 31.6 Å². The summed E-state index contributed by atoms with van der Waals surface area (Å²) in [5.74, 6) is -0.298. The van der Waals surface area contributed by atoms with Crippen LogP contribution in [0.1, 0.15) is 17.9 Å². The summed E-state index contributed by atoms with van der Waals surface area (Å²) in [6, 6.07) is 0. The van der Waals surface area contributed by atoms with Gasteiger partial charge in [0.15, 0.2) is 0 Å². The van der Waals surface area contributed by atoms with Crippen LogP contribution in [0.2, 0.25) is 0 Å². The fourth-order valence-electron chi connectivity index (χ4n) is 4.14. The second-order valence-electron chi connectivity index (χ2n) is 7.63. The second-order valence-corrected chi connectivity index (χ2v) is 8.71. The molecule has 1 N–H and O–H groups in total. The van der Waals surface area contributed by atoms with Crippen LogP contribution >= 0.6 is 22.6 Å². The van der Waals surface area contributed by atoms with Gasteiger partial charge in [-0.3, -0.25) is 5.10 Å². The minimum absolute atomic E-state index is 0.0891. The third-order valence-electron chi connectivity index (χ3n) is 5.57. The lowest BCUT2D eigenvalue weighted by molar-refractivity contribution is -0.145. The SMILES string of the molecule is Cc1nc(C(F)(F)F)ncc1N1CC2(CCN(c3cnc4c(I)[nH]nc4n3)C2)C1. The highest BCUT2D eigenvalue weighted by Gasteiger charge is 2.48. The van der Waals surface area contributed by atoms with Crippen molar-refractivity contribution in [3.63, 3.8) is 0 Å². The van der Waals surface area contributed by atoms with Crippen LogP contribution in [-0.2, 0) is 6.18 Å². The number of hydrogen-bond acceptors (Lipinski definition) is 7. The van der Waals surface area contributed by atoms with Crippen LogP contribution in [0.15, 0.2) is 12.4 Å². The van der Waals surface area contributed by atoms with E-state index in [-0.39, 0.29) is 5.41 Å². The van der Waals surface area contributed by atoms with E-state index in [4.69, 9.17) is 0 Å². The van der Waals surface area contributed by atoms with E-state index in [1.165, 1.54) is 6.20 Å². The van der Waals surface area contributed by atoms with Crippen molar-refractivity contribution in [2.45, 2.75) is 19.5 Å². The molecule has 0 aromatic carbocycles. The minimum atomic E-state index is -4.53. The molecule has 1 spiro atoms. The van der Waals surface area contributed by atoms with Crippen LogP contribution in [0, 0.1) is 16.0 Å². The highest BCUT2D eigenvalue weighted by molar-refractivity contribution is 14.1. The molecule has 0 bridgehead atoms. The number of nitrogens with one attached hydrogen (secondary N) is 1. The van der Waals surface area contributed by atoms with Crippen molar-refractivity contribution in [3.8, 4) is 0 Å². The summed E-state index contributed by atoms with van der Waals surface area (Å²) in [7, 11) is 0. The Bertz CT molecular complexity index is 1090. The summed E-state index contributed by atoms with van der Waals surface area (Å²) in [4.78, 5) is 20.4. The number of anilines is 2. The van der Waals surface area contributed by atoms with Crippen molar-refractivity contribution in [2.24, 2.45) is 5.41 Å². The Morgan fingerprint density at radius 3 is 2.59 bits per heavy atom. The van der Waals surface area contributed by atoms with Gasteiger partial charge in [-0.1, -0.05) is 0 Å². The van der Waals surface area contributed by atoms with Crippen LogP contribution in [0.3, 0.4) is 0 Å². The number of H-pyrrole nitrogens is 1. The van der Waals surface area contributed by atoms with Gasteiger partial charge >= 0.3 is 6.18 Å². The fourth-order valence-corrected chi connectivity index (χ4v) is 4.64. The summed E-state index contributed by atoms with van der Waals surface area (Å²) in [5, 5.41) is 7.05. The van der Waals surface area contributed by atoms with Gasteiger partial charge in [-0.2, -0.15) is 18.3 Å². The molecule has 3 aromatic heterocycles. The largest absolute Gasteiger partial charge is 0.451 e. The Morgan fingerprint density at radius 2 is 1.86 bits per heavy atom. The first kappa shape index (κ1) is 18.8. The van der Waals surface area contributed by atoms with Crippen molar-refractivity contribution in [1.29, 1.82) is 0 Å². The molecule has 29 heavy (non-hydrogen) atoms. The maximum atomic E-state index is 12.8. The Morgan fingerprint density at radius 1 is 1.10 bits per heavy atom. The summed E-state index contributed by atoms with van der Waals surface area (Å²) in [6.45, 7) is 4.79. The molecule has 0 atom stereocenters. The number of alkyl halides is 3. The van der Waals surface area contributed by atoms with Gasteiger partial charge in [0.2, 0.25) is 11.5 Å². The predicted molar refractivity (Wildman–Crippen MR) is 108 cm³/mol. The third kappa shape index (κ3) is 3.16. The number of nitrogens with zero attached hydrogens (tertiary/aromatic N) is 7. The number of rotatable bonds is 2. The molecule has 12 heteroatoms. The smallest absolute Gasteiger partial charge is 0.367 e. The molecule has 0 radical (unpaired) electrons. The van der Waals surface area contributed by atoms with Gasteiger partial charge in [-0.15, -0.1) is 0 Å². The minimum Gasteiger partial charge on any atom is -0.367 e. The van der Waals surface area contributed by atoms with Crippen molar-refractivity contribution in [2.75, 3.05) is 36.0 Å². The molecule has 5 heterocycles. The summed E-state index contributed by atoms with van der Waals surface area (Å²) < 4.78 is 39.2. The first-order chi connectivity index (χ1) is 13.7. The maximum absolute atomic E-state index is 12.8. The fraction of sp³-hybridized carbons (Fsp3) is 0.471. The Balaban J connectivity index is 1.29. The number of aryl methyl sites for hydroxylation is 1. The van der Waals surface area contributed by atoms with E-state index in [0.717, 1.165) is 47.6 Å². The quantitative estimate of drug-likeness (QED) is 0.525. The monoisotopic (exact) mass is 516 g/mol. The lowest BCUT2D eigenvalue weighted by atomic mass is 9.78. The van der Waals surface area contributed by atoms with Crippen LogP contribution < -0.4 is 9.80 Å². The van der Waals surface area contributed by atoms with Gasteiger partial charge in [-0.05, 0) is 35.9 Å². The lowest BCUT2D eigenvalue weighted by Gasteiger charge is -2.49. The highest BCUT2D eigenvalue weighted by atomic mass is 127. The maximum Gasteiger partial charge on any atom is 0.451 e. The standard InChI is InChI=1S/C17H16F3IN8/c1-9-10(4-23-15(24-9)17(18,19)20)29-7-16(8-29)2-3-28(6-16)11-5-22-12-13(21)26-27-14(12)25-11/h4-5H,2-3,6-8H2,1H3,(H,25,26,27). The van der Waals surface area contributed by atoms with Crippen molar-refractivity contribution >= 4 is 45.3 Å². The lowest BCUT2D eigenvalue weighted by Crippen LogP contribution is -2.58. The zero-order chi connectivity index (χ0) is 20.4. The Labute approximate surface area is 177 Å². The third-order valence-corrected chi connectivity index (χ3v) is 6.32. The van der Waals surface area contributed by atoms with E-state index in [2.05, 4.69) is 57.6 Å². The summed E-state index contributed by atoms with van der Waals surface area (Å²) in [6.07, 6.45) is -0.492. The number of halogens is 4. The summed E-state index contributed by atoms with van der Waals surface area (Å²) in [5.41, 5.74) is 2.46. The van der Waals surface area contributed by atoms with Gasteiger partial charge in [0.1, 0.15) is 15.0 Å². The molecule has 2 fully saturated rings. The van der Waals surface area contributed by atoms with E-state index in [9.17, 15) is 13.2 Å². The van der Waals surface area contributed by atoms with Crippen LogP contribution in [-0.4, -0.2) is 56.3 Å². The van der Waals surface area contributed by atoms with Gasteiger partial charge < -0.3 is 9.80 Å².